The number of aromatic hydroxyl groups is 1. The number of pyridine rings is 1. The first-order valence-corrected chi connectivity index (χ1v) is 25.2. The van der Waals surface area contributed by atoms with Crippen molar-refractivity contribution in [3.63, 3.8) is 0 Å². The highest BCUT2D eigenvalue weighted by Crippen LogP contribution is 2.44. The monoisotopic (exact) mass is 944 g/mol. The molecule has 0 bridgehead atoms. The molecule has 9 aromatic carbocycles. The van der Waals surface area contributed by atoms with E-state index < -0.39 is 0 Å². The predicted octanol–water partition coefficient (Wildman–Crippen LogP) is 17.8. The molecule has 0 amide bonds. The Kier molecular flexibility index (Phi) is 11.1. The van der Waals surface area contributed by atoms with Crippen LogP contribution in [0.3, 0.4) is 0 Å². The lowest BCUT2D eigenvalue weighted by atomic mass is 9.80. The fraction of sp³-hybridized carbons (Fsp3) is 0.118. The minimum Gasteiger partial charge on any atom is -0.507 e. The largest absolute Gasteiger partial charge is 0.507 e. The number of fused-ring (bicyclic) bond motifs is 4. The van der Waals surface area contributed by atoms with E-state index in [-0.39, 0.29) is 16.6 Å². The molecule has 0 aliphatic rings. The average Bonchev–Trinajstić information content (AvgIpc) is 3.97. The molecule has 0 aliphatic heterocycles. The lowest BCUT2D eigenvalue weighted by Crippen LogP contribution is -2.17. The number of phenolic OH excluding ortho intramolecular Hbond substituents is 1. The molecule has 0 unspecified atom stereocenters. The summed E-state index contributed by atoms with van der Waals surface area (Å²) < 4.78 is 4.64. The van der Waals surface area contributed by atoms with Crippen LogP contribution in [0.5, 0.6) is 5.75 Å². The maximum absolute atomic E-state index is 11.6. The van der Waals surface area contributed by atoms with Gasteiger partial charge < -0.3 is 9.67 Å². The number of hydrogen-bond donors (Lipinski definition) is 1. The molecular formula is C68H56N4O. The molecule has 0 saturated heterocycles. The topological polar surface area (TPSA) is 55.9 Å². The zero-order valence-electron chi connectivity index (χ0n) is 42.1. The maximum atomic E-state index is 11.6. The summed E-state index contributed by atoms with van der Waals surface area (Å²) in [6.07, 6.45) is 1.95. The summed E-state index contributed by atoms with van der Waals surface area (Å²) in [4.78, 5) is 10.7. The van der Waals surface area contributed by atoms with E-state index in [1.54, 1.807) is 6.07 Å². The normalized spacial score (nSPS) is 12.0. The van der Waals surface area contributed by atoms with Crippen LogP contribution in [0.1, 0.15) is 52.7 Å². The molecule has 1 N–H and O–H groups in total. The maximum Gasteiger partial charge on any atom is 0.149 e. The van der Waals surface area contributed by atoms with Gasteiger partial charge in [0.05, 0.1) is 33.3 Å². The highest BCUT2D eigenvalue weighted by atomic mass is 16.3. The summed E-state index contributed by atoms with van der Waals surface area (Å²) >= 11 is 0. The number of rotatable bonds is 8. The van der Waals surface area contributed by atoms with E-state index in [0.29, 0.717) is 11.4 Å². The van der Waals surface area contributed by atoms with Crippen molar-refractivity contribution in [1.82, 2.24) is 19.1 Å². The van der Waals surface area contributed by atoms with Crippen molar-refractivity contribution in [1.29, 1.82) is 0 Å². The van der Waals surface area contributed by atoms with Gasteiger partial charge in [-0.05, 0) is 134 Å². The fourth-order valence-electron chi connectivity index (χ4n) is 10.6. The van der Waals surface area contributed by atoms with E-state index in [4.69, 9.17) is 9.97 Å². The van der Waals surface area contributed by atoms with E-state index in [1.165, 1.54) is 27.4 Å². The molecule has 5 nitrogen and oxygen atoms in total. The number of imidazole rings is 1. The van der Waals surface area contributed by atoms with Gasteiger partial charge in [-0.3, -0.25) is 9.55 Å². The van der Waals surface area contributed by atoms with Crippen LogP contribution in [0, 0.1) is 0 Å². The second kappa shape index (κ2) is 17.8. The molecule has 12 rings (SSSR count). The van der Waals surface area contributed by atoms with Crippen molar-refractivity contribution in [2.75, 3.05) is 0 Å². The Hall–Kier alpha value is -8.80. The first-order chi connectivity index (χ1) is 35.4. The van der Waals surface area contributed by atoms with Gasteiger partial charge in [-0.1, -0.05) is 181 Å². The summed E-state index contributed by atoms with van der Waals surface area (Å²) in [6, 6.07) is 77.5. The standard InChI is InChI=1S/C68H56N4O/c1-67(2,3)49-41-50(68(4,5)6)43-52(42-49)72-62-33-20-29-55(64(62)70-66(72)59-28-16-18-34-63(59)73)47-37-46(54-26-14-13-25-53(54)44-21-9-7-10-22-44)38-48(39-47)60-40-45(35-36-69-60)56-30-19-31-58-57-27-15-17-32-61(57)71(65(56)58)51-23-11-8-12-24-51/h7-43,73H,1-6H3. The SMILES string of the molecule is CC(C)(C)c1cc(-n2c(-c3ccccc3O)nc3c(-c4cc(-c5cc(-c6cccc7c8ccccc8n(-c8ccccc8)c67)ccn5)cc(-c5ccccc5-c5ccccc5)c4)cccc32)cc(C(C)(C)C)c1. The predicted molar refractivity (Wildman–Crippen MR) is 305 cm³/mol. The van der Waals surface area contributed by atoms with Crippen LogP contribution in [0.4, 0.5) is 0 Å². The quantitative estimate of drug-likeness (QED) is 0.165. The Morgan fingerprint density at radius 1 is 0.384 bits per heavy atom. The Labute approximate surface area is 427 Å². The van der Waals surface area contributed by atoms with Crippen LogP contribution in [0.15, 0.2) is 225 Å². The molecule has 12 aromatic rings. The fourth-order valence-corrected chi connectivity index (χ4v) is 10.6. The third-order valence-corrected chi connectivity index (χ3v) is 14.4. The third-order valence-electron chi connectivity index (χ3n) is 14.4. The Bertz CT molecular complexity index is 4020. The third kappa shape index (κ3) is 8.17. The van der Waals surface area contributed by atoms with Gasteiger partial charge >= 0.3 is 0 Å². The number of para-hydroxylation sites is 5. The molecule has 0 radical (unpaired) electrons. The van der Waals surface area contributed by atoms with Gasteiger partial charge in [0.1, 0.15) is 11.6 Å². The summed E-state index contributed by atoms with van der Waals surface area (Å²) in [6.45, 7) is 13.6. The highest BCUT2D eigenvalue weighted by Gasteiger charge is 2.26. The summed E-state index contributed by atoms with van der Waals surface area (Å²) in [5, 5.41) is 14.0. The highest BCUT2D eigenvalue weighted by molar-refractivity contribution is 6.14. The van der Waals surface area contributed by atoms with Crippen molar-refractivity contribution in [2.45, 2.75) is 52.4 Å². The number of phenols is 1. The number of nitrogens with zero attached hydrogens (tertiary/aromatic N) is 4. The Morgan fingerprint density at radius 2 is 0.932 bits per heavy atom. The van der Waals surface area contributed by atoms with Crippen LogP contribution >= 0.6 is 0 Å². The van der Waals surface area contributed by atoms with Crippen LogP contribution in [0.2, 0.25) is 0 Å². The summed E-state index contributed by atoms with van der Waals surface area (Å²) in [5.74, 6) is 0.852. The minimum absolute atomic E-state index is 0.113. The van der Waals surface area contributed by atoms with Gasteiger partial charge in [0.25, 0.3) is 0 Å². The van der Waals surface area contributed by atoms with Crippen molar-refractivity contribution in [2.24, 2.45) is 0 Å². The molecular weight excluding hydrogens is 889 g/mol. The molecule has 3 heterocycles. The van der Waals surface area contributed by atoms with Crippen LogP contribution < -0.4 is 0 Å². The number of benzene rings is 9. The molecule has 0 saturated carbocycles. The zero-order chi connectivity index (χ0) is 50.0. The molecule has 0 aliphatic carbocycles. The molecule has 0 atom stereocenters. The first kappa shape index (κ1) is 45.3. The minimum atomic E-state index is -0.113. The van der Waals surface area contributed by atoms with Gasteiger partial charge in [0, 0.05) is 45.0 Å². The van der Waals surface area contributed by atoms with Gasteiger partial charge in [0.15, 0.2) is 0 Å². The molecule has 73 heavy (non-hydrogen) atoms. The Balaban J connectivity index is 1.11. The zero-order valence-corrected chi connectivity index (χ0v) is 42.1. The molecule has 0 spiro atoms. The summed E-state index contributed by atoms with van der Waals surface area (Å²) in [7, 11) is 0. The van der Waals surface area contributed by atoms with Crippen molar-refractivity contribution in [3.8, 4) is 84.3 Å². The van der Waals surface area contributed by atoms with Gasteiger partial charge in [-0.15, -0.1) is 0 Å². The lowest BCUT2D eigenvalue weighted by Gasteiger charge is -2.27. The first-order valence-electron chi connectivity index (χ1n) is 25.2. The number of hydrogen-bond acceptors (Lipinski definition) is 3. The molecule has 5 heteroatoms. The second-order valence-electron chi connectivity index (χ2n) is 21.3. The van der Waals surface area contributed by atoms with E-state index in [2.05, 4.69) is 245 Å². The van der Waals surface area contributed by atoms with Gasteiger partial charge in [-0.25, -0.2) is 4.98 Å². The second-order valence-corrected chi connectivity index (χ2v) is 21.3. The Morgan fingerprint density at radius 3 is 1.64 bits per heavy atom. The van der Waals surface area contributed by atoms with Crippen LogP contribution in [-0.4, -0.2) is 24.2 Å². The van der Waals surface area contributed by atoms with Crippen LogP contribution in [-0.2, 0) is 10.8 Å². The lowest BCUT2D eigenvalue weighted by molar-refractivity contribution is 0.477. The molecule has 354 valence electrons. The van der Waals surface area contributed by atoms with E-state index in [9.17, 15) is 5.11 Å². The average molecular weight is 945 g/mol. The molecule has 3 aromatic heterocycles. The van der Waals surface area contributed by atoms with Crippen LogP contribution in [0.25, 0.3) is 111 Å². The van der Waals surface area contributed by atoms with Crippen molar-refractivity contribution >= 4 is 32.8 Å². The van der Waals surface area contributed by atoms with E-state index in [0.717, 1.165) is 83.7 Å². The van der Waals surface area contributed by atoms with Gasteiger partial charge in [0.2, 0.25) is 0 Å². The summed E-state index contributed by atoms with van der Waals surface area (Å²) in [5.41, 5.74) is 19.6. The number of aromatic nitrogens is 4. The van der Waals surface area contributed by atoms with Crippen molar-refractivity contribution < 1.29 is 5.11 Å². The molecule has 0 fully saturated rings. The van der Waals surface area contributed by atoms with E-state index >= 15 is 0 Å². The van der Waals surface area contributed by atoms with Crippen molar-refractivity contribution in [3.05, 3.63) is 236 Å². The van der Waals surface area contributed by atoms with Gasteiger partial charge in [-0.2, -0.15) is 0 Å². The van der Waals surface area contributed by atoms with E-state index in [1.807, 2.05) is 24.4 Å². The smallest absolute Gasteiger partial charge is 0.149 e.